The molecule has 0 amide bonds. The number of fused-ring (bicyclic) bond motifs is 1. The van der Waals surface area contributed by atoms with Crippen LogP contribution in [0.4, 0.5) is 0 Å². The number of ether oxygens (including phenoxy) is 1. The summed E-state index contributed by atoms with van der Waals surface area (Å²) in [6.45, 7) is 1.97. The van der Waals surface area contributed by atoms with Crippen molar-refractivity contribution >= 4 is 16.8 Å². The van der Waals surface area contributed by atoms with Gasteiger partial charge in [0.1, 0.15) is 5.75 Å². The third-order valence-corrected chi connectivity index (χ3v) is 2.79. The van der Waals surface area contributed by atoms with Gasteiger partial charge in [-0.25, -0.2) is 0 Å². The lowest BCUT2D eigenvalue weighted by molar-refractivity contribution is 0.332. The second-order valence-corrected chi connectivity index (χ2v) is 4.05. The molecule has 0 bridgehead atoms. The van der Waals surface area contributed by atoms with Crippen LogP contribution in [0.5, 0.6) is 5.75 Å². The average molecular weight is 228 g/mol. The van der Waals surface area contributed by atoms with E-state index in [9.17, 15) is 0 Å². The van der Waals surface area contributed by atoms with Gasteiger partial charge in [0.2, 0.25) is 0 Å². The molecule has 0 aliphatic carbocycles. The van der Waals surface area contributed by atoms with Gasteiger partial charge in [0.15, 0.2) is 0 Å². The van der Waals surface area contributed by atoms with Gasteiger partial charge in [-0.05, 0) is 35.4 Å². The van der Waals surface area contributed by atoms with Crippen LogP contribution in [0.25, 0.3) is 16.8 Å². The average Bonchev–Trinajstić information content (AvgIpc) is 2.39. The van der Waals surface area contributed by atoms with E-state index in [-0.39, 0.29) is 6.61 Å². The minimum absolute atomic E-state index is 0.0619. The summed E-state index contributed by atoms with van der Waals surface area (Å²) in [4.78, 5) is 0. The molecular formula is C15H16O2. The van der Waals surface area contributed by atoms with E-state index in [0.29, 0.717) is 0 Å². The van der Waals surface area contributed by atoms with Crippen LogP contribution in [-0.4, -0.2) is 18.8 Å². The van der Waals surface area contributed by atoms with Crippen molar-refractivity contribution in [2.75, 3.05) is 13.7 Å². The fourth-order valence-electron chi connectivity index (χ4n) is 1.89. The first-order valence-corrected chi connectivity index (χ1v) is 5.60. The molecular weight excluding hydrogens is 212 g/mol. The van der Waals surface area contributed by atoms with Crippen LogP contribution < -0.4 is 4.74 Å². The normalized spacial score (nSPS) is 11.8. The second-order valence-electron chi connectivity index (χ2n) is 4.05. The van der Waals surface area contributed by atoms with Crippen LogP contribution in [0, 0.1) is 0 Å². The van der Waals surface area contributed by atoms with E-state index < -0.39 is 0 Å². The molecule has 0 saturated carbocycles. The van der Waals surface area contributed by atoms with Crippen molar-refractivity contribution in [1.29, 1.82) is 0 Å². The van der Waals surface area contributed by atoms with Gasteiger partial charge in [-0.3, -0.25) is 0 Å². The minimum atomic E-state index is 0.0619. The van der Waals surface area contributed by atoms with Crippen molar-refractivity contribution in [2.45, 2.75) is 6.92 Å². The molecule has 0 unspecified atom stereocenters. The second kappa shape index (κ2) is 5.02. The summed E-state index contributed by atoms with van der Waals surface area (Å²) in [5, 5.41) is 11.4. The molecule has 2 heteroatoms. The lowest BCUT2D eigenvalue weighted by Gasteiger charge is -2.09. The van der Waals surface area contributed by atoms with Crippen molar-refractivity contribution in [3.05, 3.63) is 47.5 Å². The van der Waals surface area contributed by atoms with Gasteiger partial charge in [-0.2, -0.15) is 0 Å². The van der Waals surface area contributed by atoms with E-state index in [4.69, 9.17) is 9.84 Å². The van der Waals surface area contributed by atoms with E-state index in [2.05, 4.69) is 12.1 Å². The predicted octanol–water partition coefficient (Wildman–Crippen LogP) is 3.24. The molecule has 0 heterocycles. The Morgan fingerprint density at radius 3 is 2.71 bits per heavy atom. The first kappa shape index (κ1) is 11.7. The minimum Gasteiger partial charge on any atom is -0.496 e. The SMILES string of the molecule is COc1ccc2ccccc2c1C=C(C)CO. The van der Waals surface area contributed by atoms with Crippen LogP contribution in [0.1, 0.15) is 12.5 Å². The third-order valence-electron chi connectivity index (χ3n) is 2.79. The van der Waals surface area contributed by atoms with Crippen LogP contribution in [0.2, 0.25) is 0 Å². The molecule has 2 aromatic rings. The van der Waals surface area contributed by atoms with E-state index >= 15 is 0 Å². The van der Waals surface area contributed by atoms with Gasteiger partial charge in [-0.1, -0.05) is 30.3 Å². The van der Waals surface area contributed by atoms with Crippen LogP contribution >= 0.6 is 0 Å². The van der Waals surface area contributed by atoms with Crippen molar-refractivity contribution in [2.24, 2.45) is 0 Å². The largest absolute Gasteiger partial charge is 0.496 e. The first-order chi connectivity index (χ1) is 8.26. The molecule has 0 aromatic heterocycles. The quantitative estimate of drug-likeness (QED) is 0.873. The van der Waals surface area contributed by atoms with Crippen LogP contribution in [0.15, 0.2) is 42.0 Å². The standard InChI is InChI=1S/C15H16O2/c1-11(10-16)9-14-13-6-4-3-5-12(13)7-8-15(14)17-2/h3-9,16H,10H2,1-2H3. The van der Waals surface area contributed by atoms with Crippen LogP contribution in [0.3, 0.4) is 0 Å². The molecule has 0 atom stereocenters. The Hall–Kier alpha value is -1.80. The number of hydrogen-bond acceptors (Lipinski definition) is 2. The van der Waals surface area contributed by atoms with Gasteiger partial charge >= 0.3 is 0 Å². The zero-order valence-electron chi connectivity index (χ0n) is 10.1. The Morgan fingerprint density at radius 2 is 2.00 bits per heavy atom. The molecule has 0 aliphatic rings. The van der Waals surface area contributed by atoms with Crippen molar-refractivity contribution < 1.29 is 9.84 Å². The molecule has 2 nitrogen and oxygen atoms in total. The van der Waals surface area contributed by atoms with Gasteiger partial charge in [-0.15, -0.1) is 0 Å². The maximum Gasteiger partial charge on any atom is 0.126 e. The van der Waals surface area contributed by atoms with E-state index in [1.54, 1.807) is 7.11 Å². The Kier molecular flexibility index (Phi) is 3.45. The summed E-state index contributed by atoms with van der Waals surface area (Å²) >= 11 is 0. The van der Waals surface area contributed by atoms with Crippen molar-refractivity contribution in [1.82, 2.24) is 0 Å². The predicted molar refractivity (Wildman–Crippen MR) is 71.2 cm³/mol. The van der Waals surface area contributed by atoms with E-state index in [1.807, 2.05) is 37.3 Å². The lowest BCUT2D eigenvalue weighted by atomic mass is 10.0. The summed E-state index contributed by atoms with van der Waals surface area (Å²) in [7, 11) is 1.66. The molecule has 0 spiro atoms. The van der Waals surface area contributed by atoms with Gasteiger partial charge in [0, 0.05) is 5.56 Å². The highest BCUT2D eigenvalue weighted by Crippen LogP contribution is 2.29. The Balaban J connectivity index is 2.71. The Bertz CT molecular complexity index is 556. The van der Waals surface area contributed by atoms with Gasteiger partial charge < -0.3 is 9.84 Å². The van der Waals surface area contributed by atoms with Crippen molar-refractivity contribution in [3.8, 4) is 5.75 Å². The Morgan fingerprint density at radius 1 is 1.24 bits per heavy atom. The highest BCUT2D eigenvalue weighted by Gasteiger charge is 2.05. The van der Waals surface area contributed by atoms with Gasteiger partial charge in [0.05, 0.1) is 13.7 Å². The monoisotopic (exact) mass is 228 g/mol. The summed E-state index contributed by atoms with van der Waals surface area (Å²) < 4.78 is 5.37. The molecule has 0 saturated heterocycles. The molecule has 2 aromatic carbocycles. The zero-order valence-corrected chi connectivity index (χ0v) is 10.1. The number of methoxy groups -OCH3 is 1. The smallest absolute Gasteiger partial charge is 0.126 e. The maximum absolute atomic E-state index is 9.12. The fraction of sp³-hybridized carbons (Fsp3) is 0.200. The summed E-state index contributed by atoms with van der Waals surface area (Å²) in [6, 6.07) is 12.2. The fourth-order valence-corrected chi connectivity index (χ4v) is 1.89. The zero-order chi connectivity index (χ0) is 12.3. The maximum atomic E-state index is 9.12. The number of aliphatic hydroxyl groups excluding tert-OH is 1. The van der Waals surface area contributed by atoms with Crippen LogP contribution in [-0.2, 0) is 0 Å². The number of rotatable bonds is 3. The third kappa shape index (κ3) is 2.32. The Labute approximate surface area is 101 Å². The van der Waals surface area contributed by atoms with E-state index in [0.717, 1.165) is 22.3 Å². The molecule has 2 rings (SSSR count). The highest BCUT2D eigenvalue weighted by atomic mass is 16.5. The summed E-state index contributed by atoms with van der Waals surface area (Å²) in [6.07, 6.45) is 1.97. The molecule has 1 N–H and O–H groups in total. The molecule has 0 radical (unpaired) electrons. The molecule has 88 valence electrons. The topological polar surface area (TPSA) is 29.5 Å². The summed E-state index contributed by atoms with van der Waals surface area (Å²) in [5.41, 5.74) is 1.94. The molecule has 17 heavy (non-hydrogen) atoms. The molecule has 0 aliphatic heterocycles. The first-order valence-electron chi connectivity index (χ1n) is 5.60. The van der Waals surface area contributed by atoms with E-state index in [1.165, 1.54) is 5.39 Å². The van der Waals surface area contributed by atoms with Gasteiger partial charge in [0.25, 0.3) is 0 Å². The number of benzene rings is 2. The number of aliphatic hydroxyl groups is 1. The lowest BCUT2D eigenvalue weighted by Crippen LogP contribution is -1.91. The summed E-state index contributed by atoms with van der Waals surface area (Å²) in [5.74, 6) is 0.830. The number of hydrogen-bond donors (Lipinski definition) is 1. The highest BCUT2D eigenvalue weighted by molar-refractivity contribution is 5.93. The van der Waals surface area contributed by atoms with Crippen molar-refractivity contribution in [3.63, 3.8) is 0 Å². The molecule has 0 fully saturated rings.